The second kappa shape index (κ2) is 6.16. The number of hydrogen-bond donors (Lipinski definition) is 0. The van der Waals surface area contributed by atoms with E-state index in [1.165, 1.54) is 6.42 Å². The lowest BCUT2D eigenvalue weighted by molar-refractivity contribution is -0.134. The Morgan fingerprint density at radius 1 is 1.15 bits per heavy atom. The predicted octanol–water partition coefficient (Wildman–Crippen LogP) is 5.35. The number of amides is 1. The maximum atomic E-state index is 13.1. The van der Waals surface area contributed by atoms with Crippen molar-refractivity contribution in [2.45, 2.75) is 57.0 Å². The molecular weight excluding hydrogens is 346 g/mol. The number of rotatable bonds is 6. The number of halogens is 1. The third-order valence-electron chi connectivity index (χ3n) is 6.17. The maximum absolute atomic E-state index is 13.1. The average Bonchev–Trinajstić information content (AvgIpc) is 3.52. The smallest absolute Gasteiger partial charge is 0.226 e. The van der Waals surface area contributed by atoms with Crippen molar-refractivity contribution in [2.75, 3.05) is 0 Å². The molecule has 3 saturated carbocycles. The third-order valence-corrected chi connectivity index (χ3v) is 6.51. The highest BCUT2D eigenvalue weighted by Gasteiger charge is 2.49. The van der Waals surface area contributed by atoms with Crippen LogP contribution in [-0.2, 0) is 11.3 Å². The molecule has 3 fully saturated rings. The highest BCUT2D eigenvalue weighted by Crippen LogP contribution is 2.51. The van der Waals surface area contributed by atoms with E-state index in [0.717, 1.165) is 47.3 Å². The second-order valence-corrected chi connectivity index (χ2v) is 8.70. The Balaban J connectivity index is 1.28. The van der Waals surface area contributed by atoms with Gasteiger partial charge in [-0.15, -0.1) is 0 Å². The predicted molar refractivity (Wildman–Crippen MR) is 101 cm³/mol. The van der Waals surface area contributed by atoms with E-state index in [0.29, 0.717) is 18.5 Å². The summed E-state index contributed by atoms with van der Waals surface area (Å²) in [6.07, 6.45) is 4.36. The Labute approximate surface area is 159 Å². The average molecular weight is 370 g/mol. The fourth-order valence-corrected chi connectivity index (χ4v) is 4.41. The molecule has 4 heteroatoms. The lowest BCUT2D eigenvalue weighted by atomic mass is 10.1. The number of nitrogens with zero attached hydrogens (tertiary/aromatic N) is 1. The van der Waals surface area contributed by atoms with Crippen molar-refractivity contribution >= 4 is 17.5 Å². The van der Waals surface area contributed by atoms with E-state index >= 15 is 0 Å². The minimum atomic E-state index is 0.0772. The molecule has 4 atom stereocenters. The first-order chi connectivity index (χ1) is 12.6. The minimum Gasteiger partial charge on any atom is -0.464 e. The van der Waals surface area contributed by atoms with Gasteiger partial charge in [0.05, 0.1) is 6.54 Å². The molecule has 5 rings (SSSR count). The summed E-state index contributed by atoms with van der Waals surface area (Å²) >= 11 is 6.32. The first-order valence-electron chi connectivity index (χ1n) is 9.75. The molecule has 3 nitrogen and oxygen atoms in total. The molecule has 26 heavy (non-hydrogen) atoms. The Morgan fingerprint density at radius 3 is 2.62 bits per heavy atom. The normalized spacial score (nSPS) is 29.5. The standard InChI is InChI=1S/C22H24ClNO2/c1-13-10-17(13)21-9-8-15(26-21)12-24(14-6-7-14)22(25)19-11-18(19)16-4-2-3-5-20(16)23/h2-5,8-9,13-14,17-19H,6-7,10-12H2,1H3. The first-order valence-corrected chi connectivity index (χ1v) is 10.1. The maximum Gasteiger partial charge on any atom is 0.226 e. The van der Waals surface area contributed by atoms with Gasteiger partial charge in [-0.25, -0.2) is 0 Å². The molecule has 1 aromatic heterocycles. The molecule has 1 amide bonds. The number of carbonyl (C=O) groups excluding carboxylic acids is 1. The zero-order chi connectivity index (χ0) is 17.8. The van der Waals surface area contributed by atoms with Crippen LogP contribution in [0.3, 0.4) is 0 Å². The monoisotopic (exact) mass is 369 g/mol. The van der Waals surface area contributed by atoms with Gasteiger partial charge in [-0.2, -0.15) is 0 Å². The molecule has 0 saturated heterocycles. The topological polar surface area (TPSA) is 33.5 Å². The summed E-state index contributed by atoms with van der Waals surface area (Å²) in [4.78, 5) is 15.2. The number of carbonyl (C=O) groups is 1. The zero-order valence-corrected chi connectivity index (χ0v) is 15.8. The SMILES string of the molecule is CC1CC1c1ccc(CN(C(=O)C2CC2c2ccccc2Cl)C2CC2)o1. The lowest BCUT2D eigenvalue weighted by Gasteiger charge is -2.21. The molecule has 3 aliphatic rings. The Bertz CT molecular complexity index is 840. The quantitative estimate of drug-likeness (QED) is 0.687. The van der Waals surface area contributed by atoms with E-state index in [2.05, 4.69) is 30.0 Å². The van der Waals surface area contributed by atoms with Crippen molar-refractivity contribution in [3.63, 3.8) is 0 Å². The van der Waals surface area contributed by atoms with E-state index in [1.807, 2.05) is 18.2 Å². The number of benzene rings is 1. The Hall–Kier alpha value is -1.74. The van der Waals surface area contributed by atoms with Crippen LogP contribution in [0.1, 0.15) is 61.5 Å². The molecule has 2 aromatic rings. The lowest BCUT2D eigenvalue weighted by Crippen LogP contribution is -2.34. The highest BCUT2D eigenvalue weighted by molar-refractivity contribution is 6.31. The fourth-order valence-electron chi connectivity index (χ4n) is 4.14. The Kier molecular flexibility index (Phi) is 3.89. The van der Waals surface area contributed by atoms with Gasteiger partial charge in [0.15, 0.2) is 0 Å². The van der Waals surface area contributed by atoms with Gasteiger partial charge in [0.2, 0.25) is 5.91 Å². The van der Waals surface area contributed by atoms with Crippen molar-refractivity contribution in [1.29, 1.82) is 0 Å². The molecule has 3 aliphatic carbocycles. The summed E-state index contributed by atoms with van der Waals surface area (Å²) in [7, 11) is 0. The van der Waals surface area contributed by atoms with E-state index in [-0.39, 0.29) is 17.7 Å². The molecule has 136 valence electrons. The summed E-state index contributed by atoms with van der Waals surface area (Å²) in [6, 6.07) is 12.5. The van der Waals surface area contributed by atoms with Gasteiger partial charge in [-0.3, -0.25) is 4.79 Å². The molecule has 1 aromatic carbocycles. The van der Waals surface area contributed by atoms with Crippen molar-refractivity contribution in [1.82, 2.24) is 4.90 Å². The summed E-state index contributed by atoms with van der Waals surface area (Å²) < 4.78 is 6.05. The van der Waals surface area contributed by atoms with Gasteiger partial charge in [0, 0.05) is 22.9 Å². The Morgan fingerprint density at radius 2 is 1.92 bits per heavy atom. The van der Waals surface area contributed by atoms with E-state index < -0.39 is 0 Å². The zero-order valence-electron chi connectivity index (χ0n) is 15.0. The summed E-state index contributed by atoms with van der Waals surface area (Å²) in [6.45, 7) is 2.87. The van der Waals surface area contributed by atoms with E-state index in [4.69, 9.17) is 16.0 Å². The fraction of sp³-hybridized carbons (Fsp3) is 0.500. The van der Waals surface area contributed by atoms with Gasteiger partial charge in [0.1, 0.15) is 11.5 Å². The van der Waals surface area contributed by atoms with Gasteiger partial charge < -0.3 is 9.32 Å². The van der Waals surface area contributed by atoms with Gasteiger partial charge in [0.25, 0.3) is 0 Å². The third kappa shape index (κ3) is 3.07. The molecule has 0 bridgehead atoms. The van der Waals surface area contributed by atoms with Gasteiger partial charge in [-0.1, -0.05) is 36.7 Å². The number of hydrogen-bond acceptors (Lipinski definition) is 2. The van der Waals surface area contributed by atoms with Crippen molar-refractivity contribution in [3.05, 3.63) is 58.5 Å². The van der Waals surface area contributed by atoms with Crippen LogP contribution < -0.4 is 0 Å². The van der Waals surface area contributed by atoms with Crippen LogP contribution in [0.4, 0.5) is 0 Å². The molecule has 0 spiro atoms. The van der Waals surface area contributed by atoms with Gasteiger partial charge >= 0.3 is 0 Å². The van der Waals surface area contributed by atoms with Crippen LogP contribution >= 0.6 is 11.6 Å². The van der Waals surface area contributed by atoms with E-state index in [1.54, 1.807) is 0 Å². The summed E-state index contributed by atoms with van der Waals surface area (Å²) in [5, 5.41) is 0.778. The van der Waals surface area contributed by atoms with Crippen LogP contribution in [0, 0.1) is 11.8 Å². The minimum absolute atomic E-state index is 0.0772. The van der Waals surface area contributed by atoms with Crippen molar-refractivity contribution in [2.24, 2.45) is 11.8 Å². The van der Waals surface area contributed by atoms with Crippen LogP contribution in [0.15, 0.2) is 40.8 Å². The highest BCUT2D eigenvalue weighted by atomic mass is 35.5. The molecule has 0 aliphatic heterocycles. The van der Waals surface area contributed by atoms with Crippen LogP contribution in [0.25, 0.3) is 0 Å². The first kappa shape index (κ1) is 16.4. The van der Waals surface area contributed by atoms with Crippen LogP contribution in [-0.4, -0.2) is 16.8 Å². The molecule has 4 unspecified atom stereocenters. The largest absolute Gasteiger partial charge is 0.464 e. The van der Waals surface area contributed by atoms with Crippen molar-refractivity contribution < 1.29 is 9.21 Å². The summed E-state index contributed by atoms with van der Waals surface area (Å²) in [5.41, 5.74) is 1.12. The molecule has 0 radical (unpaired) electrons. The van der Waals surface area contributed by atoms with Crippen LogP contribution in [0.5, 0.6) is 0 Å². The second-order valence-electron chi connectivity index (χ2n) is 8.29. The van der Waals surface area contributed by atoms with Crippen molar-refractivity contribution in [3.8, 4) is 0 Å². The van der Waals surface area contributed by atoms with Gasteiger partial charge in [-0.05, 0) is 61.3 Å². The molecular formula is C22H24ClNO2. The molecule has 1 heterocycles. The van der Waals surface area contributed by atoms with E-state index in [9.17, 15) is 4.79 Å². The molecule has 0 N–H and O–H groups in total. The van der Waals surface area contributed by atoms with Crippen LogP contribution in [0.2, 0.25) is 5.02 Å². The summed E-state index contributed by atoms with van der Waals surface area (Å²) in [5.74, 6) is 3.96. The number of furan rings is 1.